The predicted molar refractivity (Wildman–Crippen MR) is 130 cm³/mol. The van der Waals surface area contributed by atoms with E-state index < -0.39 is 11.7 Å². The van der Waals surface area contributed by atoms with Crippen LogP contribution in [0.25, 0.3) is 0 Å². The number of benzene rings is 2. The Labute approximate surface area is 192 Å². The van der Waals surface area contributed by atoms with Crippen molar-refractivity contribution in [1.82, 2.24) is 9.80 Å². The Kier molecular flexibility index (Phi) is 6.44. The Hall–Kier alpha value is -2.21. The third-order valence-corrected chi connectivity index (χ3v) is 6.87. The number of hydrogen-bond donors (Lipinski definition) is 2. The molecule has 0 amide bonds. The van der Waals surface area contributed by atoms with E-state index in [2.05, 4.69) is 60.0 Å². The summed E-state index contributed by atoms with van der Waals surface area (Å²) in [7, 11) is 0. The van der Waals surface area contributed by atoms with E-state index in [0.29, 0.717) is 6.42 Å². The maximum atomic E-state index is 10.5. The van der Waals surface area contributed by atoms with Gasteiger partial charge in [-0.1, -0.05) is 55.5 Å². The zero-order valence-corrected chi connectivity index (χ0v) is 19.9. The highest BCUT2D eigenvalue weighted by Gasteiger charge is 2.35. The molecule has 4 rings (SSSR count). The zero-order valence-electron chi connectivity index (χ0n) is 19.9. The first-order valence-electron chi connectivity index (χ1n) is 11.8. The second-order valence-corrected chi connectivity index (χ2v) is 10.1. The Morgan fingerprint density at radius 2 is 1.69 bits per heavy atom. The number of hydrogen-bond acceptors (Lipinski definition) is 5. The number of rotatable bonds is 5. The largest absolute Gasteiger partial charge is 0.390 e. The summed E-state index contributed by atoms with van der Waals surface area (Å²) in [5, 5.41) is 20.5. The van der Waals surface area contributed by atoms with E-state index in [1.54, 1.807) is 13.8 Å². The van der Waals surface area contributed by atoms with Gasteiger partial charge >= 0.3 is 0 Å². The maximum Gasteiger partial charge on any atom is 0.132 e. The highest BCUT2D eigenvalue weighted by molar-refractivity contribution is 6.01. The average Bonchev–Trinajstić information content (AvgIpc) is 2.77. The van der Waals surface area contributed by atoms with Gasteiger partial charge in [0.1, 0.15) is 5.84 Å². The number of likely N-dealkylation sites (N-methyl/N-ethyl adjacent to an activating group) is 1. The Morgan fingerprint density at radius 1 is 1.03 bits per heavy atom. The van der Waals surface area contributed by atoms with E-state index in [1.807, 2.05) is 12.1 Å². The molecule has 0 spiro atoms. The minimum Gasteiger partial charge on any atom is -0.390 e. The number of aliphatic hydroxyl groups is 2. The molecule has 2 aliphatic rings. The molecule has 2 aliphatic heterocycles. The summed E-state index contributed by atoms with van der Waals surface area (Å²) in [5.74, 6) is 1.11. The van der Waals surface area contributed by atoms with Gasteiger partial charge in [-0.2, -0.15) is 0 Å². The van der Waals surface area contributed by atoms with Crippen LogP contribution < -0.4 is 0 Å². The topological polar surface area (TPSA) is 59.3 Å². The molecule has 2 atom stereocenters. The van der Waals surface area contributed by atoms with E-state index in [1.165, 1.54) is 11.1 Å². The number of aliphatic hydroxyl groups excluding tert-OH is 1. The zero-order chi connectivity index (χ0) is 22.9. The van der Waals surface area contributed by atoms with E-state index in [9.17, 15) is 10.2 Å². The van der Waals surface area contributed by atoms with Crippen molar-refractivity contribution >= 4 is 5.84 Å². The van der Waals surface area contributed by atoms with Gasteiger partial charge in [-0.3, -0.25) is 4.99 Å². The van der Waals surface area contributed by atoms with E-state index in [0.717, 1.165) is 56.1 Å². The number of amidine groups is 1. The molecule has 2 unspecified atom stereocenters. The van der Waals surface area contributed by atoms with Crippen molar-refractivity contribution in [3.63, 3.8) is 0 Å². The van der Waals surface area contributed by atoms with Crippen LogP contribution in [0, 0.1) is 0 Å². The Morgan fingerprint density at radius 3 is 2.31 bits per heavy atom. The van der Waals surface area contributed by atoms with Crippen LogP contribution in [0.2, 0.25) is 0 Å². The van der Waals surface area contributed by atoms with Crippen LogP contribution in [0.5, 0.6) is 0 Å². The smallest absolute Gasteiger partial charge is 0.132 e. The van der Waals surface area contributed by atoms with Crippen molar-refractivity contribution in [3.05, 3.63) is 70.8 Å². The van der Waals surface area contributed by atoms with Crippen LogP contribution in [0.3, 0.4) is 0 Å². The molecule has 2 N–H and O–H groups in total. The molecule has 2 aromatic rings. The minimum absolute atomic E-state index is 0.309. The van der Waals surface area contributed by atoms with Crippen molar-refractivity contribution in [1.29, 1.82) is 0 Å². The number of fused-ring (bicyclic) bond motifs is 1. The fraction of sp³-hybridized carbons (Fsp3) is 0.519. The van der Waals surface area contributed by atoms with Gasteiger partial charge in [-0.25, -0.2) is 0 Å². The van der Waals surface area contributed by atoms with Crippen molar-refractivity contribution < 1.29 is 10.2 Å². The predicted octanol–water partition coefficient (Wildman–Crippen LogP) is 3.74. The molecule has 1 saturated heterocycles. The molecule has 0 radical (unpaired) electrons. The van der Waals surface area contributed by atoms with Gasteiger partial charge in [0.25, 0.3) is 0 Å². The first-order chi connectivity index (χ1) is 15.2. The number of aliphatic imine (C=N–C) groups is 1. The molecule has 5 heteroatoms. The molecule has 5 nitrogen and oxygen atoms in total. The summed E-state index contributed by atoms with van der Waals surface area (Å²) in [6, 6.07) is 16.8. The lowest BCUT2D eigenvalue weighted by Crippen LogP contribution is -2.50. The van der Waals surface area contributed by atoms with Crippen LogP contribution in [0.1, 0.15) is 62.5 Å². The lowest BCUT2D eigenvalue weighted by molar-refractivity contribution is 0.0179. The standard InChI is InChI=1S/C27H37N3O2/c1-5-29-14-16-30(17-15-29)25-23-9-7-6-8-21(23)18-27(4,28-25)22-12-10-20(11-13-22)24(31)19-26(2,3)32/h6-13,24,31-32H,5,14-19H2,1-4H3. The highest BCUT2D eigenvalue weighted by atomic mass is 16.3. The summed E-state index contributed by atoms with van der Waals surface area (Å²) in [6.45, 7) is 13.1. The Bertz CT molecular complexity index is 956. The van der Waals surface area contributed by atoms with Crippen molar-refractivity contribution in [2.45, 2.75) is 57.8 Å². The molecule has 2 heterocycles. The van der Waals surface area contributed by atoms with Gasteiger partial charge < -0.3 is 20.0 Å². The highest BCUT2D eigenvalue weighted by Crippen LogP contribution is 2.37. The van der Waals surface area contributed by atoms with Gasteiger partial charge in [-0.15, -0.1) is 0 Å². The molecule has 172 valence electrons. The monoisotopic (exact) mass is 435 g/mol. The van der Waals surface area contributed by atoms with Crippen molar-refractivity contribution in [2.75, 3.05) is 32.7 Å². The third kappa shape index (κ3) is 4.90. The summed E-state index contributed by atoms with van der Waals surface area (Å²) >= 11 is 0. The van der Waals surface area contributed by atoms with E-state index in [4.69, 9.17) is 4.99 Å². The molecule has 0 saturated carbocycles. The summed E-state index contributed by atoms with van der Waals surface area (Å²) in [4.78, 5) is 10.3. The molecular weight excluding hydrogens is 398 g/mol. The van der Waals surface area contributed by atoms with E-state index in [-0.39, 0.29) is 5.54 Å². The van der Waals surface area contributed by atoms with Crippen molar-refractivity contribution in [2.24, 2.45) is 4.99 Å². The molecule has 1 fully saturated rings. The quantitative estimate of drug-likeness (QED) is 0.751. The first-order valence-corrected chi connectivity index (χ1v) is 11.8. The third-order valence-electron chi connectivity index (χ3n) is 6.87. The van der Waals surface area contributed by atoms with E-state index >= 15 is 0 Å². The normalized spacial score (nSPS) is 22.9. The van der Waals surface area contributed by atoms with Gasteiger partial charge in [0, 0.05) is 44.6 Å². The fourth-order valence-corrected chi connectivity index (χ4v) is 4.94. The average molecular weight is 436 g/mol. The lowest BCUT2D eigenvalue weighted by atomic mass is 9.81. The SMILES string of the molecule is CCN1CCN(C2=NC(C)(c3ccc(C(O)CC(C)(C)O)cc3)Cc3ccccc32)CC1. The van der Waals surface area contributed by atoms with Gasteiger partial charge in [0.2, 0.25) is 0 Å². The van der Waals surface area contributed by atoms with Crippen LogP contribution in [0.4, 0.5) is 0 Å². The van der Waals surface area contributed by atoms with Crippen LogP contribution in [-0.4, -0.2) is 64.2 Å². The van der Waals surface area contributed by atoms with Gasteiger partial charge in [-0.05, 0) is 44.0 Å². The molecular formula is C27H37N3O2. The summed E-state index contributed by atoms with van der Waals surface area (Å²) in [5.41, 5.74) is 3.31. The van der Waals surface area contributed by atoms with Gasteiger partial charge in [0.15, 0.2) is 0 Å². The lowest BCUT2D eigenvalue weighted by Gasteiger charge is -2.41. The fourth-order valence-electron chi connectivity index (χ4n) is 4.94. The summed E-state index contributed by atoms with van der Waals surface area (Å²) in [6.07, 6.45) is 0.480. The van der Waals surface area contributed by atoms with Crippen LogP contribution >= 0.6 is 0 Å². The van der Waals surface area contributed by atoms with Crippen LogP contribution in [0.15, 0.2) is 53.5 Å². The minimum atomic E-state index is -0.905. The van der Waals surface area contributed by atoms with Crippen LogP contribution in [-0.2, 0) is 12.0 Å². The summed E-state index contributed by atoms with van der Waals surface area (Å²) < 4.78 is 0. The second kappa shape index (κ2) is 8.97. The number of nitrogens with zero attached hydrogens (tertiary/aromatic N) is 3. The first kappa shape index (κ1) is 23.0. The molecule has 0 bridgehead atoms. The van der Waals surface area contributed by atoms with Gasteiger partial charge in [0.05, 0.1) is 17.2 Å². The second-order valence-electron chi connectivity index (χ2n) is 10.1. The molecule has 2 aromatic carbocycles. The van der Waals surface area contributed by atoms with Crippen molar-refractivity contribution in [3.8, 4) is 0 Å². The number of piperazine rings is 1. The molecule has 0 aliphatic carbocycles. The maximum absolute atomic E-state index is 10.5. The molecule has 32 heavy (non-hydrogen) atoms. The Balaban J connectivity index is 1.63. The molecule has 0 aromatic heterocycles.